The fraction of sp³-hybridized carbons (Fsp3) is 0.286. The zero-order valence-electron chi connectivity index (χ0n) is 18.6. The number of anilines is 1. The van der Waals surface area contributed by atoms with Crippen LogP contribution in [0.4, 0.5) is 19.0 Å². The molecule has 190 valence electrons. The number of aliphatic imine (C=N–C) groups is 1. The number of hydrogen-bond donors (Lipinski definition) is 2. The van der Waals surface area contributed by atoms with Gasteiger partial charge in [0.15, 0.2) is 11.9 Å². The van der Waals surface area contributed by atoms with Gasteiger partial charge < -0.3 is 9.84 Å². The van der Waals surface area contributed by atoms with E-state index in [4.69, 9.17) is 16.3 Å². The van der Waals surface area contributed by atoms with Crippen molar-refractivity contribution in [2.75, 3.05) is 12.1 Å². The molecule has 36 heavy (non-hydrogen) atoms. The zero-order chi connectivity index (χ0) is 26.0. The normalized spacial score (nSPS) is 16.7. The number of halogens is 4. The highest BCUT2D eigenvalue weighted by Gasteiger charge is 2.40. The van der Waals surface area contributed by atoms with Gasteiger partial charge in [-0.1, -0.05) is 17.7 Å². The zero-order valence-corrected chi connectivity index (χ0v) is 19.3. The molecule has 1 unspecified atom stereocenters. The Labute approximate surface area is 206 Å². The van der Waals surface area contributed by atoms with Gasteiger partial charge in [-0.2, -0.15) is 13.2 Å². The molecule has 2 aromatic heterocycles. The molecule has 15 heteroatoms. The number of carbonyl (C=O) groups excluding carboxylic acids is 1. The summed E-state index contributed by atoms with van der Waals surface area (Å²) in [6, 6.07) is 10.9. The second-order valence-corrected chi connectivity index (χ2v) is 8.01. The average molecular weight is 526 g/mol. The van der Waals surface area contributed by atoms with E-state index in [0.29, 0.717) is 16.4 Å². The molecule has 1 aromatic carbocycles. The van der Waals surface area contributed by atoms with E-state index >= 15 is 0 Å². The number of aromatic nitrogens is 4. The number of nitrogens with one attached hydrogen (secondary N) is 1. The number of rotatable bonds is 7. The van der Waals surface area contributed by atoms with Crippen molar-refractivity contribution in [2.45, 2.75) is 31.5 Å². The summed E-state index contributed by atoms with van der Waals surface area (Å²) < 4.78 is 45.5. The molecule has 0 saturated carbocycles. The Morgan fingerprint density at radius 1 is 1.25 bits per heavy atom. The van der Waals surface area contributed by atoms with Crippen molar-refractivity contribution in [2.24, 2.45) is 4.99 Å². The lowest BCUT2D eigenvalue weighted by atomic mass is 10.2. The van der Waals surface area contributed by atoms with Crippen LogP contribution in [0.25, 0.3) is 11.4 Å². The number of methoxy groups -OCH3 is 1. The summed E-state index contributed by atoms with van der Waals surface area (Å²) >= 11 is 5.89. The Balaban J connectivity index is 1.69. The minimum absolute atomic E-state index is 0.114. The maximum Gasteiger partial charge on any atom is 0.416 e. The number of hydrogen-bond acceptors (Lipinski definition) is 9. The molecule has 0 fully saturated rings. The molecule has 0 bridgehead atoms. The lowest BCUT2D eigenvalue weighted by Crippen LogP contribution is -2.46. The van der Waals surface area contributed by atoms with E-state index in [2.05, 4.69) is 20.5 Å². The van der Waals surface area contributed by atoms with Crippen LogP contribution in [-0.2, 0) is 22.6 Å². The van der Waals surface area contributed by atoms with Gasteiger partial charge in [-0.15, -0.1) is 5.10 Å². The first kappa shape index (κ1) is 25.3. The van der Waals surface area contributed by atoms with Crippen LogP contribution in [0.1, 0.15) is 0 Å². The molecule has 2 N–H and O–H groups in total. The van der Waals surface area contributed by atoms with Gasteiger partial charge in [0.1, 0.15) is 12.0 Å². The van der Waals surface area contributed by atoms with Gasteiger partial charge in [0.25, 0.3) is 0 Å². The van der Waals surface area contributed by atoms with Crippen molar-refractivity contribution < 1.29 is 27.8 Å². The highest BCUT2D eigenvalue weighted by atomic mass is 35.5. The first-order valence-electron chi connectivity index (χ1n) is 10.4. The third-order valence-electron chi connectivity index (χ3n) is 5.12. The number of alkyl halides is 3. The fourth-order valence-corrected chi connectivity index (χ4v) is 3.53. The number of ether oxygens (including phenoxy) is 1. The fourth-order valence-electron chi connectivity index (χ4n) is 3.40. The van der Waals surface area contributed by atoms with Crippen LogP contribution >= 0.6 is 11.6 Å². The quantitative estimate of drug-likeness (QED) is 0.445. The van der Waals surface area contributed by atoms with Crippen molar-refractivity contribution in [1.29, 1.82) is 0 Å². The van der Waals surface area contributed by atoms with Gasteiger partial charge in [0.05, 0.1) is 20.2 Å². The summed E-state index contributed by atoms with van der Waals surface area (Å²) in [6.07, 6.45) is -7.18. The summed E-state index contributed by atoms with van der Waals surface area (Å²) in [5, 5.41) is 15.4. The van der Waals surface area contributed by atoms with Gasteiger partial charge in [-0.05, 0) is 36.4 Å². The topological polar surface area (TPSA) is 127 Å². The van der Waals surface area contributed by atoms with Gasteiger partial charge in [0.2, 0.25) is 5.84 Å². The van der Waals surface area contributed by atoms with E-state index in [9.17, 15) is 27.9 Å². The SMILES string of the molecule is COC(=O)C1=NC(Cn2nc(-c3ccc(Cl)cc3)n(C[C@H](O)C(F)(F)F)c2=O)NN1c1ccccn1. The molecule has 11 nitrogen and oxygen atoms in total. The summed E-state index contributed by atoms with van der Waals surface area (Å²) in [5.41, 5.74) is 2.28. The van der Waals surface area contributed by atoms with Gasteiger partial charge in [-0.3, -0.25) is 4.57 Å². The van der Waals surface area contributed by atoms with Crippen molar-refractivity contribution >= 4 is 29.2 Å². The Morgan fingerprint density at radius 3 is 2.58 bits per heavy atom. The molecular weight excluding hydrogens is 507 g/mol. The molecule has 0 saturated heterocycles. The second-order valence-electron chi connectivity index (χ2n) is 7.58. The van der Waals surface area contributed by atoms with Crippen LogP contribution in [0.2, 0.25) is 5.02 Å². The molecular formula is C21H19ClF3N7O4. The number of nitrogens with zero attached hydrogens (tertiary/aromatic N) is 6. The van der Waals surface area contributed by atoms with E-state index in [-0.39, 0.29) is 18.2 Å². The first-order valence-corrected chi connectivity index (χ1v) is 10.8. The second kappa shape index (κ2) is 10.1. The van der Waals surface area contributed by atoms with Crippen LogP contribution in [0, 0.1) is 0 Å². The standard InChI is InChI=1S/C21H19ClF3N7O4/c1-36-19(34)18-27-15(28-32(18)16-4-2-3-9-26-16)11-31-20(35)30(10-14(33)21(23,24)25)17(29-31)12-5-7-13(22)8-6-12/h2-9,14-15,28,33H,10-11H2,1H3/t14-,15?/m0/s1. The predicted octanol–water partition coefficient (Wildman–Crippen LogP) is 1.61. The summed E-state index contributed by atoms with van der Waals surface area (Å²) in [4.78, 5) is 33.7. The summed E-state index contributed by atoms with van der Waals surface area (Å²) in [5.74, 6) is -0.711. The average Bonchev–Trinajstić information content (AvgIpc) is 3.41. The highest BCUT2D eigenvalue weighted by Crippen LogP contribution is 2.24. The highest BCUT2D eigenvalue weighted by molar-refractivity contribution is 6.41. The monoisotopic (exact) mass is 525 g/mol. The molecule has 3 heterocycles. The molecule has 4 rings (SSSR count). The minimum atomic E-state index is -4.95. The number of benzene rings is 1. The molecule has 0 aliphatic carbocycles. The minimum Gasteiger partial charge on any atom is -0.463 e. The van der Waals surface area contributed by atoms with Crippen LogP contribution < -0.4 is 16.1 Å². The largest absolute Gasteiger partial charge is 0.463 e. The molecule has 3 aromatic rings. The number of amidine groups is 1. The van der Waals surface area contributed by atoms with E-state index in [1.165, 1.54) is 42.6 Å². The van der Waals surface area contributed by atoms with Gasteiger partial charge in [-0.25, -0.2) is 34.7 Å². The maximum absolute atomic E-state index is 13.1. The smallest absolute Gasteiger partial charge is 0.416 e. The van der Waals surface area contributed by atoms with Gasteiger partial charge >= 0.3 is 17.8 Å². The number of hydrazine groups is 1. The maximum atomic E-state index is 13.1. The van der Waals surface area contributed by atoms with E-state index in [1.54, 1.807) is 18.2 Å². The molecule has 0 amide bonds. The molecule has 0 radical (unpaired) electrons. The van der Waals surface area contributed by atoms with Crippen LogP contribution in [0.3, 0.4) is 0 Å². The molecule has 1 aliphatic heterocycles. The number of aliphatic hydroxyl groups excluding tert-OH is 1. The third-order valence-corrected chi connectivity index (χ3v) is 5.37. The molecule has 0 spiro atoms. The Bertz CT molecular complexity index is 1330. The van der Waals surface area contributed by atoms with Crippen LogP contribution in [0.15, 0.2) is 58.4 Å². The lowest BCUT2D eigenvalue weighted by molar-refractivity contribution is -0.207. The Hall–Kier alpha value is -3.75. The van der Waals surface area contributed by atoms with E-state index < -0.39 is 36.6 Å². The number of aliphatic hydroxyl groups is 1. The van der Waals surface area contributed by atoms with Crippen LogP contribution in [-0.4, -0.2) is 61.8 Å². The summed E-state index contributed by atoms with van der Waals surface area (Å²) in [6.45, 7) is -1.34. The van der Waals surface area contributed by atoms with E-state index in [1.807, 2.05) is 0 Å². The number of esters is 1. The third kappa shape index (κ3) is 5.24. The predicted molar refractivity (Wildman–Crippen MR) is 122 cm³/mol. The van der Waals surface area contributed by atoms with Crippen molar-refractivity contribution in [3.63, 3.8) is 0 Å². The Morgan fingerprint density at radius 2 is 1.97 bits per heavy atom. The number of carbonyl (C=O) groups is 1. The molecule has 2 atom stereocenters. The van der Waals surface area contributed by atoms with Crippen molar-refractivity contribution in [3.8, 4) is 11.4 Å². The van der Waals surface area contributed by atoms with Crippen molar-refractivity contribution in [1.82, 2.24) is 24.8 Å². The van der Waals surface area contributed by atoms with Gasteiger partial charge in [0, 0.05) is 16.8 Å². The first-order chi connectivity index (χ1) is 17.1. The van der Waals surface area contributed by atoms with Crippen LogP contribution in [0.5, 0.6) is 0 Å². The van der Waals surface area contributed by atoms with Crippen molar-refractivity contribution in [3.05, 3.63) is 64.2 Å². The lowest BCUT2D eigenvalue weighted by Gasteiger charge is -2.19. The van der Waals surface area contributed by atoms with E-state index in [0.717, 1.165) is 9.25 Å². The molecule has 1 aliphatic rings. The number of pyridine rings is 1. The Kier molecular flexibility index (Phi) is 7.10. The summed E-state index contributed by atoms with van der Waals surface area (Å²) in [7, 11) is 1.17.